The van der Waals surface area contributed by atoms with Crippen molar-refractivity contribution in [3.05, 3.63) is 47.3 Å². The summed E-state index contributed by atoms with van der Waals surface area (Å²) in [5, 5.41) is 9.55. The molecule has 2 N–H and O–H groups in total. The Morgan fingerprint density at radius 3 is 2.67 bits per heavy atom. The Labute approximate surface area is 106 Å². The number of hydrogen-bond acceptors (Lipinski definition) is 2. The van der Waals surface area contributed by atoms with Gasteiger partial charge in [0.05, 0.1) is 11.8 Å². The molecule has 1 heterocycles. The first-order valence-electron chi connectivity index (χ1n) is 6.00. The molecule has 94 valence electrons. The fraction of sp³-hybridized carbons (Fsp3) is 0.286. The molecule has 4 nitrogen and oxygen atoms in total. The Morgan fingerprint density at radius 2 is 2.06 bits per heavy atom. The lowest BCUT2D eigenvalue weighted by Gasteiger charge is -2.13. The summed E-state index contributed by atoms with van der Waals surface area (Å²) in [4.78, 5) is 12.1. The van der Waals surface area contributed by atoms with Gasteiger partial charge in [-0.1, -0.05) is 32.0 Å². The van der Waals surface area contributed by atoms with Gasteiger partial charge in [0.25, 0.3) is 5.91 Å². The summed E-state index contributed by atoms with van der Waals surface area (Å²) in [6, 6.07) is 7.85. The summed E-state index contributed by atoms with van der Waals surface area (Å²) in [6.45, 7) is 6.04. The summed E-state index contributed by atoms with van der Waals surface area (Å²) in [7, 11) is 0. The van der Waals surface area contributed by atoms with E-state index in [0.29, 0.717) is 11.5 Å². The van der Waals surface area contributed by atoms with Crippen LogP contribution in [-0.4, -0.2) is 16.1 Å². The molecule has 0 saturated carbocycles. The van der Waals surface area contributed by atoms with E-state index >= 15 is 0 Å². The summed E-state index contributed by atoms with van der Waals surface area (Å²) in [6.07, 6.45) is 1.54. The number of rotatable bonds is 3. The van der Waals surface area contributed by atoms with Crippen LogP contribution in [0.1, 0.15) is 41.4 Å². The molecule has 18 heavy (non-hydrogen) atoms. The first-order valence-corrected chi connectivity index (χ1v) is 6.00. The number of H-pyrrole nitrogens is 1. The molecular formula is C14H17N3O. The maximum atomic E-state index is 12.1. The van der Waals surface area contributed by atoms with Gasteiger partial charge in [0, 0.05) is 11.4 Å². The molecule has 0 spiro atoms. The minimum atomic E-state index is -0.130. The molecule has 0 atom stereocenters. The van der Waals surface area contributed by atoms with Gasteiger partial charge in [0.15, 0.2) is 0 Å². The van der Waals surface area contributed by atoms with Crippen LogP contribution in [0.15, 0.2) is 30.5 Å². The van der Waals surface area contributed by atoms with Gasteiger partial charge in [-0.15, -0.1) is 0 Å². The molecule has 1 aromatic carbocycles. The molecule has 4 heteroatoms. The molecule has 0 bridgehead atoms. The van der Waals surface area contributed by atoms with Crippen molar-refractivity contribution in [3.8, 4) is 0 Å². The minimum absolute atomic E-state index is 0.130. The van der Waals surface area contributed by atoms with E-state index in [-0.39, 0.29) is 5.91 Å². The molecule has 2 rings (SSSR count). The van der Waals surface area contributed by atoms with Crippen molar-refractivity contribution >= 4 is 11.6 Å². The standard InChI is InChI=1S/C14H17N3O/c1-9(2)11-6-4-5-7-13(11)16-14(18)12-8-15-17-10(12)3/h4-9H,1-3H3,(H,15,17)(H,16,18). The Morgan fingerprint density at radius 1 is 1.33 bits per heavy atom. The number of benzene rings is 1. The third-order valence-corrected chi connectivity index (χ3v) is 2.91. The van der Waals surface area contributed by atoms with Crippen molar-refractivity contribution in [2.75, 3.05) is 5.32 Å². The molecule has 0 aliphatic heterocycles. The van der Waals surface area contributed by atoms with E-state index in [2.05, 4.69) is 29.4 Å². The Balaban J connectivity index is 2.25. The van der Waals surface area contributed by atoms with Gasteiger partial charge < -0.3 is 5.32 Å². The Hall–Kier alpha value is -2.10. The largest absolute Gasteiger partial charge is 0.322 e. The van der Waals surface area contributed by atoms with Gasteiger partial charge in [-0.3, -0.25) is 9.89 Å². The van der Waals surface area contributed by atoms with Gasteiger partial charge >= 0.3 is 0 Å². The van der Waals surface area contributed by atoms with Crippen LogP contribution in [-0.2, 0) is 0 Å². The maximum Gasteiger partial charge on any atom is 0.259 e. The van der Waals surface area contributed by atoms with Gasteiger partial charge in [-0.05, 0) is 24.5 Å². The number of nitrogens with zero attached hydrogens (tertiary/aromatic N) is 1. The monoisotopic (exact) mass is 243 g/mol. The zero-order chi connectivity index (χ0) is 13.1. The van der Waals surface area contributed by atoms with E-state index in [1.54, 1.807) is 6.20 Å². The van der Waals surface area contributed by atoms with Crippen LogP contribution in [0.25, 0.3) is 0 Å². The maximum absolute atomic E-state index is 12.1. The van der Waals surface area contributed by atoms with Gasteiger partial charge in [-0.25, -0.2) is 0 Å². The minimum Gasteiger partial charge on any atom is -0.322 e. The van der Waals surface area contributed by atoms with Crippen LogP contribution in [0.4, 0.5) is 5.69 Å². The fourth-order valence-corrected chi connectivity index (χ4v) is 1.88. The van der Waals surface area contributed by atoms with Crippen molar-refractivity contribution in [2.45, 2.75) is 26.7 Å². The number of para-hydroxylation sites is 1. The van der Waals surface area contributed by atoms with Crippen molar-refractivity contribution in [2.24, 2.45) is 0 Å². The average Bonchev–Trinajstić information content (AvgIpc) is 2.76. The number of carbonyl (C=O) groups excluding carboxylic acids is 1. The lowest BCUT2D eigenvalue weighted by molar-refractivity contribution is 0.102. The smallest absolute Gasteiger partial charge is 0.259 e. The van der Waals surface area contributed by atoms with Crippen LogP contribution in [0, 0.1) is 6.92 Å². The zero-order valence-corrected chi connectivity index (χ0v) is 10.8. The number of carbonyl (C=O) groups is 1. The molecule has 0 aliphatic rings. The Bertz CT molecular complexity index is 558. The van der Waals surface area contributed by atoms with Gasteiger partial charge in [0.1, 0.15) is 0 Å². The number of aromatic nitrogens is 2. The average molecular weight is 243 g/mol. The molecular weight excluding hydrogens is 226 g/mol. The summed E-state index contributed by atoms with van der Waals surface area (Å²) in [5.74, 6) is 0.237. The fourth-order valence-electron chi connectivity index (χ4n) is 1.88. The third kappa shape index (κ3) is 2.42. The molecule has 0 fully saturated rings. The van der Waals surface area contributed by atoms with Crippen LogP contribution in [0.5, 0.6) is 0 Å². The second-order valence-electron chi connectivity index (χ2n) is 4.60. The molecule has 0 unspecified atom stereocenters. The zero-order valence-electron chi connectivity index (χ0n) is 10.8. The van der Waals surface area contributed by atoms with Gasteiger partial charge in [0.2, 0.25) is 0 Å². The first kappa shape index (κ1) is 12.4. The highest BCUT2D eigenvalue weighted by Crippen LogP contribution is 2.24. The summed E-state index contributed by atoms with van der Waals surface area (Å²) < 4.78 is 0. The van der Waals surface area contributed by atoms with Crippen molar-refractivity contribution in [1.29, 1.82) is 0 Å². The molecule has 0 radical (unpaired) electrons. The molecule has 0 aliphatic carbocycles. The lowest BCUT2D eigenvalue weighted by atomic mass is 10.0. The lowest BCUT2D eigenvalue weighted by Crippen LogP contribution is -2.14. The van der Waals surface area contributed by atoms with Crippen molar-refractivity contribution in [1.82, 2.24) is 10.2 Å². The molecule has 2 aromatic rings. The molecule has 1 aromatic heterocycles. The predicted octanol–water partition coefficient (Wildman–Crippen LogP) is 3.09. The summed E-state index contributed by atoms with van der Waals surface area (Å²) in [5.41, 5.74) is 3.34. The second kappa shape index (κ2) is 5.04. The molecule has 1 amide bonds. The number of amides is 1. The van der Waals surface area contributed by atoms with Crippen molar-refractivity contribution < 1.29 is 4.79 Å². The normalized spacial score (nSPS) is 10.7. The Kier molecular flexibility index (Phi) is 3.46. The number of anilines is 1. The first-order chi connectivity index (χ1) is 8.59. The topological polar surface area (TPSA) is 57.8 Å². The highest BCUT2D eigenvalue weighted by molar-refractivity contribution is 6.05. The quantitative estimate of drug-likeness (QED) is 0.870. The number of aryl methyl sites for hydroxylation is 1. The van der Waals surface area contributed by atoms with E-state index in [0.717, 1.165) is 16.9 Å². The second-order valence-corrected chi connectivity index (χ2v) is 4.60. The van der Waals surface area contributed by atoms with E-state index < -0.39 is 0 Å². The highest BCUT2D eigenvalue weighted by Gasteiger charge is 2.13. The number of hydrogen-bond donors (Lipinski definition) is 2. The SMILES string of the molecule is Cc1[nH]ncc1C(=O)Nc1ccccc1C(C)C. The van der Waals surface area contributed by atoms with Crippen LogP contribution >= 0.6 is 0 Å². The third-order valence-electron chi connectivity index (χ3n) is 2.91. The number of aromatic amines is 1. The highest BCUT2D eigenvalue weighted by atomic mass is 16.1. The van der Waals surface area contributed by atoms with E-state index in [4.69, 9.17) is 0 Å². The number of nitrogens with one attached hydrogen (secondary N) is 2. The summed E-state index contributed by atoms with van der Waals surface area (Å²) >= 11 is 0. The van der Waals surface area contributed by atoms with E-state index in [9.17, 15) is 4.79 Å². The van der Waals surface area contributed by atoms with Gasteiger partial charge in [-0.2, -0.15) is 5.10 Å². The predicted molar refractivity (Wildman–Crippen MR) is 71.8 cm³/mol. The van der Waals surface area contributed by atoms with E-state index in [1.807, 2.05) is 31.2 Å². The van der Waals surface area contributed by atoms with Crippen LogP contribution in [0.2, 0.25) is 0 Å². The van der Waals surface area contributed by atoms with E-state index in [1.165, 1.54) is 0 Å². The molecule has 0 saturated heterocycles. The van der Waals surface area contributed by atoms with Crippen LogP contribution < -0.4 is 5.32 Å². The van der Waals surface area contributed by atoms with Crippen LogP contribution in [0.3, 0.4) is 0 Å². The van der Waals surface area contributed by atoms with Crippen molar-refractivity contribution in [3.63, 3.8) is 0 Å².